The molecule has 6 rings (SSSR count). The molecule has 0 radical (unpaired) electrons. The number of carbonyl (C=O) groups is 2. The molecule has 0 saturated heterocycles. The third-order valence-electron chi connectivity index (χ3n) is 12.0. The summed E-state index contributed by atoms with van der Waals surface area (Å²) in [6.07, 6.45) is 22.1. The van der Waals surface area contributed by atoms with Crippen LogP contribution in [0.4, 0.5) is 0 Å². The number of carboxylic acids is 1. The number of aliphatic carboxylic acids is 1. The van der Waals surface area contributed by atoms with E-state index in [4.69, 9.17) is 24.7 Å². The Hall–Kier alpha value is -4.04. The Morgan fingerprint density at radius 3 is 2.11 bits per heavy atom. The molecule has 5 heterocycles. The summed E-state index contributed by atoms with van der Waals surface area (Å²) < 4.78 is 6.15. The van der Waals surface area contributed by atoms with Crippen molar-refractivity contribution in [2.24, 2.45) is 26.8 Å². The van der Waals surface area contributed by atoms with Crippen LogP contribution in [0.3, 0.4) is 0 Å². The number of aliphatic imine (C=N–C) groups is 3. The predicted molar refractivity (Wildman–Crippen MR) is 219 cm³/mol. The van der Waals surface area contributed by atoms with E-state index in [1.165, 1.54) is 57.8 Å². The number of unbranched alkanes of at least 4 members (excludes halogenated alkanes) is 11. The Morgan fingerprint density at radius 1 is 0.839 bits per heavy atom. The number of carbonyl (C=O) groups excluding carboxylic acids is 1. The molecule has 1 aromatic rings. The van der Waals surface area contributed by atoms with E-state index in [1.54, 1.807) is 0 Å². The number of esters is 1. The Labute approximate surface area is 342 Å². The van der Waals surface area contributed by atoms with Gasteiger partial charge in [-0.3, -0.25) is 14.6 Å². The normalized spacial score (nSPS) is 19.8. The van der Waals surface area contributed by atoms with E-state index in [0.29, 0.717) is 46.3 Å². The minimum atomic E-state index is -0.873. The maximum atomic E-state index is 13.5. The minimum Gasteiger partial charge on any atom is -0.875 e. The molecule has 1 aliphatic carbocycles. The number of rotatable bonds is 18. The van der Waals surface area contributed by atoms with Crippen molar-refractivity contribution >= 4 is 46.5 Å². The molecule has 0 aromatic carbocycles. The molecule has 9 nitrogen and oxygen atoms in total. The fraction of sp³-hybridized carbons (Fsp3) is 0.543. The molecule has 1 N–H and O–H groups in total. The molecular formula is C46H58N4NiO5. The molecule has 10 heteroatoms. The summed E-state index contributed by atoms with van der Waals surface area (Å²) in [5.74, 6) is -1.05. The van der Waals surface area contributed by atoms with E-state index < -0.39 is 5.97 Å². The minimum absolute atomic E-state index is 0. The molecule has 4 aliphatic heterocycles. The molecule has 0 amide bonds. The van der Waals surface area contributed by atoms with Gasteiger partial charge in [0.1, 0.15) is 5.70 Å². The van der Waals surface area contributed by atoms with Crippen molar-refractivity contribution in [3.63, 3.8) is 0 Å². The van der Waals surface area contributed by atoms with Crippen molar-refractivity contribution in [1.29, 1.82) is 0 Å². The number of fused-ring (bicyclic) bond motifs is 5. The van der Waals surface area contributed by atoms with Gasteiger partial charge in [0.05, 0.1) is 17.1 Å². The van der Waals surface area contributed by atoms with Crippen molar-refractivity contribution in [2.75, 3.05) is 0 Å². The number of allylic oxidation sites excluding steroid dienone is 6. The zero-order valence-electron chi connectivity index (χ0n) is 34.1. The maximum absolute atomic E-state index is 13.5. The van der Waals surface area contributed by atoms with Gasteiger partial charge in [-0.1, -0.05) is 103 Å². The van der Waals surface area contributed by atoms with Crippen LogP contribution >= 0.6 is 0 Å². The SMILES string of the molecule is CCCCCCCCCCCCCCC(=O)OC1=C(C)C2=NC1=CC1=NC(=Cc3[n-]c4c(c3C)=C([O-])CC=4C3=NC(=C2)[C@@H](C)[C@@H]3CCC(=O)O)C(CC)=C1C.[Ni+2]. The van der Waals surface area contributed by atoms with Gasteiger partial charge in [0, 0.05) is 41.7 Å². The van der Waals surface area contributed by atoms with E-state index in [1.807, 2.05) is 32.1 Å². The van der Waals surface area contributed by atoms with Gasteiger partial charge in [-0.15, -0.1) is 16.8 Å². The van der Waals surface area contributed by atoms with Crippen LogP contribution in [-0.4, -0.2) is 34.2 Å². The van der Waals surface area contributed by atoms with Crippen molar-refractivity contribution in [3.05, 3.63) is 73.5 Å². The summed E-state index contributed by atoms with van der Waals surface area (Å²) in [5, 5.41) is 24.5. The third-order valence-corrected chi connectivity index (χ3v) is 12.0. The second-order valence-corrected chi connectivity index (χ2v) is 15.9. The molecule has 302 valence electrons. The summed E-state index contributed by atoms with van der Waals surface area (Å²) in [6.45, 7) is 12.3. The molecule has 0 unspecified atom stereocenters. The Morgan fingerprint density at radius 2 is 1.46 bits per heavy atom. The van der Waals surface area contributed by atoms with E-state index in [0.717, 1.165) is 76.4 Å². The van der Waals surface area contributed by atoms with Crippen molar-refractivity contribution in [3.8, 4) is 0 Å². The molecule has 0 saturated carbocycles. The number of nitrogens with zero attached hydrogens (tertiary/aromatic N) is 4. The van der Waals surface area contributed by atoms with Gasteiger partial charge in [-0.2, -0.15) is 0 Å². The van der Waals surface area contributed by atoms with Gasteiger partial charge >= 0.3 is 28.4 Å². The molecule has 1 aromatic heterocycles. The van der Waals surface area contributed by atoms with Gasteiger partial charge in [-0.05, 0) is 80.5 Å². The van der Waals surface area contributed by atoms with Crippen LogP contribution in [0.25, 0.3) is 17.4 Å². The third kappa shape index (κ3) is 9.39. The molecule has 0 spiro atoms. The summed E-state index contributed by atoms with van der Waals surface area (Å²) in [4.78, 5) is 45.4. The molecule has 2 atom stereocenters. The number of ether oxygens (including phenoxy) is 1. The molecular weight excluding hydrogens is 747 g/mol. The van der Waals surface area contributed by atoms with Gasteiger partial charge in [0.25, 0.3) is 0 Å². The largest absolute Gasteiger partial charge is 2.00 e. The topological polar surface area (TPSA) is 138 Å². The summed E-state index contributed by atoms with van der Waals surface area (Å²) in [6, 6.07) is 0. The summed E-state index contributed by atoms with van der Waals surface area (Å²) in [5.41, 5.74) is 9.31. The average Bonchev–Trinajstić information content (AvgIpc) is 3.90. The maximum Gasteiger partial charge on any atom is 2.00 e. The number of aromatic nitrogens is 1. The number of carboxylic acid groups (broad SMARTS) is 1. The zero-order valence-corrected chi connectivity index (χ0v) is 35.1. The molecule has 0 fully saturated rings. The van der Waals surface area contributed by atoms with Crippen LogP contribution in [0.15, 0.2) is 66.7 Å². The number of hydrogen-bond donors (Lipinski definition) is 1. The van der Waals surface area contributed by atoms with Crippen LogP contribution in [0.5, 0.6) is 0 Å². The first kappa shape index (κ1) is 43.1. The fourth-order valence-electron chi connectivity index (χ4n) is 8.65. The molecule has 5 aliphatic rings. The first-order chi connectivity index (χ1) is 26.5. The average molecular weight is 806 g/mol. The van der Waals surface area contributed by atoms with Gasteiger partial charge in [0.2, 0.25) is 0 Å². The Balaban J connectivity index is 0.00000600. The van der Waals surface area contributed by atoms with Crippen LogP contribution in [0.1, 0.15) is 155 Å². The first-order valence-corrected chi connectivity index (χ1v) is 20.8. The van der Waals surface area contributed by atoms with Gasteiger partial charge in [0.15, 0.2) is 5.76 Å². The predicted octanol–water partition coefficient (Wildman–Crippen LogP) is 8.21. The molecule has 8 bridgehead atoms. The second kappa shape index (κ2) is 19.4. The van der Waals surface area contributed by atoms with E-state index in [-0.39, 0.29) is 52.9 Å². The van der Waals surface area contributed by atoms with Crippen LogP contribution in [0, 0.1) is 18.8 Å². The van der Waals surface area contributed by atoms with Crippen LogP contribution < -0.4 is 20.7 Å². The van der Waals surface area contributed by atoms with E-state index in [2.05, 4.69) is 27.7 Å². The Kier molecular flexibility index (Phi) is 14.9. The summed E-state index contributed by atoms with van der Waals surface area (Å²) in [7, 11) is 0. The van der Waals surface area contributed by atoms with Crippen molar-refractivity contribution in [2.45, 2.75) is 151 Å². The Bertz CT molecular complexity index is 2100. The standard InChI is InChI=1S/C46H60N4O5.Ni/c1-7-9-10-11-12-13-14-15-16-17-18-19-20-42(54)55-46-30(6)37-24-35-28(4)32(21-22-41(52)53)44(49-35)33-23-40(51)43-29(5)36(50-45(33)43)25-38-31(8-2)27(3)34(47-38)26-39(46)48-37;/h24-26,28,32H,7-23H2,1-6H3,(H3,47,48,49,50,51,52,53);/q;+2/p-2/t28-,32-;/m0./s1. The quantitative estimate of drug-likeness (QED) is 0.0902. The van der Waals surface area contributed by atoms with E-state index >= 15 is 0 Å². The smallest absolute Gasteiger partial charge is 0.875 e. The fourth-order valence-corrected chi connectivity index (χ4v) is 8.65. The van der Waals surface area contributed by atoms with Gasteiger partial charge < -0.3 is 19.9 Å². The monoisotopic (exact) mass is 804 g/mol. The van der Waals surface area contributed by atoms with Gasteiger partial charge in [-0.25, -0.2) is 9.98 Å². The van der Waals surface area contributed by atoms with E-state index in [9.17, 15) is 19.8 Å². The van der Waals surface area contributed by atoms with Crippen LogP contribution in [-0.2, 0) is 30.8 Å². The van der Waals surface area contributed by atoms with Crippen molar-refractivity contribution in [1.82, 2.24) is 4.98 Å². The zero-order chi connectivity index (χ0) is 39.2. The molecule has 56 heavy (non-hydrogen) atoms. The first-order valence-electron chi connectivity index (χ1n) is 20.8. The number of hydrogen-bond acceptors (Lipinski definition) is 7. The second-order valence-electron chi connectivity index (χ2n) is 15.9. The summed E-state index contributed by atoms with van der Waals surface area (Å²) >= 11 is 0. The van der Waals surface area contributed by atoms with Crippen molar-refractivity contribution < 1.29 is 41.0 Å². The van der Waals surface area contributed by atoms with Crippen LogP contribution in [0.2, 0.25) is 0 Å².